The van der Waals surface area contributed by atoms with Crippen LogP contribution in [0.1, 0.15) is 30.6 Å². The van der Waals surface area contributed by atoms with Gasteiger partial charge in [-0.1, -0.05) is 19.9 Å². The average molecular weight is 441 g/mol. The maximum atomic E-state index is 12.6. The summed E-state index contributed by atoms with van der Waals surface area (Å²) in [5.74, 6) is -1.06. The molecule has 0 aromatic heterocycles. The number of benzene rings is 1. The smallest absolute Gasteiger partial charge is 0.325 e. The van der Waals surface area contributed by atoms with Crippen molar-refractivity contribution in [2.24, 2.45) is 5.92 Å². The van der Waals surface area contributed by atoms with Crippen LogP contribution in [-0.4, -0.2) is 75.5 Å². The Balaban J connectivity index is 1.85. The van der Waals surface area contributed by atoms with Gasteiger partial charge in [0.25, 0.3) is 11.8 Å². The van der Waals surface area contributed by atoms with E-state index in [9.17, 15) is 22.8 Å². The molecule has 1 aromatic carbocycles. The van der Waals surface area contributed by atoms with Gasteiger partial charge < -0.3 is 19.7 Å². The van der Waals surface area contributed by atoms with Crippen molar-refractivity contribution in [3.8, 4) is 5.75 Å². The first-order valence-electron chi connectivity index (χ1n) is 9.69. The number of hydrogen-bond acceptors (Lipinski definition) is 7. The molecule has 9 nitrogen and oxygen atoms in total. The number of amides is 2. The highest BCUT2D eigenvalue weighted by Gasteiger charge is 2.35. The zero-order valence-corrected chi connectivity index (χ0v) is 18.2. The molecule has 1 aromatic rings. The van der Waals surface area contributed by atoms with Crippen LogP contribution in [0.15, 0.2) is 24.3 Å². The van der Waals surface area contributed by atoms with Crippen LogP contribution in [-0.2, 0) is 24.2 Å². The molecular weight excluding hydrogens is 412 g/mol. The van der Waals surface area contributed by atoms with Gasteiger partial charge in [-0.15, -0.1) is 0 Å². The van der Waals surface area contributed by atoms with E-state index >= 15 is 0 Å². The minimum absolute atomic E-state index is 0.0512. The summed E-state index contributed by atoms with van der Waals surface area (Å²) in [7, 11) is -1.67. The third-order valence-corrected chi connectivity index (χ3v) is 6.36. The number of hydrogen-bond donors (Lipinski definition) is 1. The molecule has 1 atom stereocenters. The van der Waals surface area contributed by atoms with Crippen molar-refractivity contribution in [1.82, 2.24) is 10.2 Å². The highest BCUT2D eigenvalue weighted by atomic mass is 32.2. The molecule has 1 N–H and O–H groups in total. The standard InChI is InChI=1S/C20H28N2O7S/c1-14(2)11-22(16-7-8-30(26,27)13-16)18(23)12-29-19(24)10-21-20(25)15-5-4-6-17(9-15)28-3/h4-6,9,14,16H,7-8,10-13H2,1-3H3,(H,21,25)/t16-/m1/s1. The van der Waals surface area contributed by atoms with E-state index in [-0.39, 0.29) is 17.4 Å². The number of carbonyl (C=O) groups excluding carboxylic acids is 3. The second-order valence-electron chi connectivity index (χ2n) is 7.57. The third-order valence-electron chi connectivity index (χ3n) is 4.61. The second-order valence-corrected chi connectivity index (χ2v) is 9.80. The fourth-order valence-corrected chi connectivity index (χ4v) is 4.89. The molecule has 2 rings (SSSR count). The number of carbonyl (C=O) groups is 3. The van der Waals surface area contributed by atoms with Gasteiger partial charge in [0.1, 0.15) is 12.3 Å². The molecule has 2 amide bonds. The van der Waals surface area contributed by atoms with E-state index in [1.165, 1.54) is 18.1 Å². The monoisotopic (exact) mass is 440 g/mol. The van der Waals surface area contributed by atoms with Gasteiger partial charge in [-0.3, -0.25) is 14.4 Å². The Morgan fingerprint density at radius 2 is 2.00 bits per heavy atom. The molecule has 166 valence electrons. The van der Waals surface area contributed by atoms with Gasteiger partial charge in [0.2, 0.25) is 0 Å². The summed E-state index contributed by atoms with van der Waals surface area (Å²) in [6, 6.07) is 6.04. The minimum atomic E-state index is -3.15. The fourth-order valence-electron chi connectivity index (χ4n) is 3.16. The Hall–Kier alpha value is -2.62. The van der Waals surface area contributed by atoms with Crippen molar-refractivity contribution in [2.75, 3.05) is 38.3 Å². The highest BCUT2D eigenvalue weighted by molar-refractivity contribution is 7.91. The third kappa shape index (κ3) is 7.01. The summed E-state index contributed by atoms with van der Waals surface area (Å²) in [5, 5.41) is 2.43. The van der Waals surface area contributed by atoms with Crippen molar-refractivity contribution < 1.29 is 32.3 Å². The topological polar surface area (TPSA) is 119 Å². The van der Waals surface area contributed by atoms with E-state index in [1.807, 2.05) is 13.8 Å². The van der Waals surface area contributed by atoms with Crippen LogP contribution in [0.3, 0.4) is 0 Å². The lowest BCUT2D eigenvalue weighted by molar-refractivity contribution is -0.152. The summed E-state index contributed by atoms with van der Waals surface area (Å²) in [4.78, 5) is 38.1. The maximum absolute atomic E-state index is 12.6. The summed E-state index contributed by atoms with van der Waals surface area (Å²) in [6.07, 6.45) is 0.380. The number of nitrogens with zero attached hydrogens (tertiary/aromatic N) is 1. The number of methoxy groups -OCH3 is 1. The Kier molecular flexibility index (Phi) is 8.22. The Morgan fingerprint density at radius 3 is 2.60 bits per heavy atom. The Morgan fingerprint density at radius 1 is 1.27 bits per heavy atom. The molecule has 10 heteroatoms. The SMILES string of the molecule is COc1cccc(C(=O)NCC(=O)OCC(=O)N(CC(C)C)[C@@H]2CCS(=O)(=O)C2)c1. The van der Waals surface area contributed by atoms with Gasteiger partial charge in [0.05, 0.1) is 18.6 Å². The molecule has 0 spiro atoms. The van der Waals surface area contributed by atoms with Crippen molar-refractivity contribution in [2.45, 2.75) is 26.3 Å². The normalized spacial score (nSPS) is 17.4. The average Bonchev–Trinajstić information content (AvgIpc) is 3.07. The summed E-state index contributed by atoms with van der Waals surface area (Å²) in [6.45, 7) is 3.32. The van der Waals surface area contributed by atoms with Gasteiger partial charge in [-0.2, -0.15) is 0 Å². The van der Waals surface area contributed by atoms with Gasteiger partial charge in [-0.05, 0) is 30.5 Å². The van der Waals surface area contributed by atoms with E-state index in [0.29, 0.717) is 24.3 Å². The van der Waals surface area contributed by atoms with Crippen LogP contribution >= 0.6 is 0 Å². The number of nitrogens with one attached hydrogen (secondary N) is 1. The van der Waals surface area contributed by atoms with Crippen LogP contribution in [0, 0.1) is 5.92 Å². The summed E-state index contributed by atoms with van der Waals surface area (Å²) >= 11 is 0. The molecule has 0 aliphatic carbocycles. The van der Waals surface area contributed by atoms with Crippen molar-refractivity contribution in [3.63, 3.8) is 0 Å². The van der Waals surface area contributed by atoms with Crippen molar-refractivity contribution >= 4 is 27.6 Å². The molecule has 0 unspecified atom stereocenters. The number of rotatable bonds is 9. The first-order chi connectivity index (χ1) is 14.1. The van der Waals surface area contributed by atoms with Gasteiger partial charge >= 0.3 is 5.97 Å². The molecular formula is C20H28N2O7S. The van der Waals surface area contributed by atoms with Crippen molar-refractivity contribution in [1.29, 1.82) is 0 Å². The Labute approximate surface area is 176 Å². The molecule has 0 saturated carbocycles. The number of sulfone groups is 1. The number of esters is 1. The van der Waals surface area contributed by atoms with Crippen LogP contribution in [0.5, 0.6) is 5.75 Å². The number of ether oxygens (including phenoxy) is 2. The van der Waals surface area contributed by atoms with Crippen LogP contribution < -0.4 is 10.1 Å². The largest absolute Gasteiger partial charge is 0.497 e. The minimum Gasteiger partial charge on any atom is -0.497 e. The van der Waals surface area contributed by atoms with Crippen LogP contribution in [0.4, 0.5) is 0 Å². The lowest BCUT2D eigenvalue weighted by Gasteiger charge is -2.29. The summed E-state index contributed by atoms with van der Waals surface area (Å²) in [5.41, 5.74) is 0.323. The van der Waals surface area contributed by atoms with E-state index in [4.69, 9.17) is 9.47 Å². The quantitative estimate of drug-likeness (QED) is 0.560. The second kappa shape index (κ2) is 10.4. The molecule has 1 heterocycles. The molecule has 0 bridgehead atoms. The first kappa shape index (κ1) is 23.7. The van der Waals surface area contributed by atoms with E-state index in [2.05, 4.69) is 5.32 Å². The van der Waals surface area contributed by atoms with Gasteiger partial charge in [0, 0.05) is 18.2 Å². The van der Waals surface area contributed by atoms with E-state index in [0.717, 1.165) is 0 Å². The fraction of sp³-hybridized carbons (Fsp3) is 0.550. The lowest BCUT2D eigenvalue weighted by Crippen LogP contribution is -2.45. The Bertz CT molecular complexity index is 883. The molecule has 1 fully saturated rings. The predicted octanol–water partition coefficient (Wildman–Crippen LogP) is 0.640. The highest BCUT2D eigenvalue weighted by Crippen LogP contribution is 2.19. The molecule has 30 heavy (non-hydrogen) atoms. The molecule has 1 aliphatic rings. The predicted molar refractivity (Wildman–Crippen MR) is 110 cm³/mol. The van der Waals surface area contributed by atoms with Crippen molar-refractivity contribution in [3.05, 3.63) is 29.8 Å². The van der Waals surface area contributed by atoms with Crippen LogP contribution in [0.25, 0.3) is 0 Å². The lowest BCUT2D eigenvalue weighted by atomic mass is 10.1. The summed E-state index contributed by atoms with van der Waals surface area (Å²) < 4.78 is 33.5. The van der Waals surface area contributed by atoms with Crippen LogP contribution in [0.2, 0.25) is 0 Å². The molecule has 0 radical (unpaired) electrons. The van der Waals surface area contributed by atoms with Gasteiger partial charge in [-0.25, -0.2) is 8.42 Å². The molecule has 1 aliphatic heterocycles. The zero-order valence-electron chi connectivity index (χ0n) is 17.4. The van der Waals surface area contributed by atoms with E-state index in [1.54, 1.807) is 18.2 Å². The molecule has 1 saturated heterocycles. The van der Waals surface area contributed by atoms with Gasteiger partial charge in [0.15, 0.2) is 16.4 Å². The maximum Gasteiger partial charge on any atom is 0.325 e. The van der Waals surface area contributed by atoms with E-state index < -0.39 is 46.8 Å². The zero-order chi connectivity index (χ0) is 22.3. The first-order valence-corrected chi connectivity index (χ1v) is 11.5.